The van der Waals surface area contributed by atoms with Crippen LogP contribution < -0.4 is 5.14 Å². The van der Waals surface area contributed by atoms with Crippen LogP contribution in [0.25, 0.3) is 0 Å². The molecule has 0 aromatic heterocycles. The van der Waals surface area contributed by atoms with E-state index in [1.54, 1.807) is 13.8 Å². The minimum atomic E-state index is -2.93. The zero-order chi connectivity index (χ0) is 11.6. The molecular weight excluding hydrogens is 208 g/mol. The normalized spacial score (nSPS) is 17.6. The third kappa shape index (κ3) is 3.46. The van der Waals surface area contributed by atoms with Gasteiger partial charge in [0.15, 0.2) is 0 Å². The van der Waals surface area contributed by atoms with Gasteiger partial charge in [-0.1, -0.05) is 13.5 Å². The van der Waals surface area contributed by atoms with Crippen LogP contribution in [0, 0.1) is 5.92 Å². The smallest absolute Gasteiger partial charge is 0.251 e. The molecule has 0 aliphatic carbocycles. The van der Waals surface area contributed by atoms with Gasteiger partial charge in [-0.15, -0.1) is 0 Å². The SMILES string of the molecule is C=CC(F)(F)[C@@H](C)CC(C)(C)S(N)=O. The van der Waals surface area contributed by atoms with Crippen LogP contribution in [0.3, 0.4) is 0 Å². The van der Waals surface area contributed by atoms with Gasteiger partial charge in [0.25, 0.3) is 5.92 Å². The van der Waals surface area contributed by atoms with Crippen molar-refractivity contribution in [1.82, 2.24) is 0 Å². The quantitative estimate of drug-likeness (QED) is 0.716. The van der Waals surface area contributed by atoms with Crippen molar-refractivity contribution >= 4 is 11.0 Å². The first-order chi connectivity index (χ1) is 6.13. The molecule has 0 spiro atoms. The summed E-state index contributed by atoms with van der Waals surface area (Å²) < 4.78 is 36.4. The number of rotatable bonds is 5. The van der Waals surface area contributed by atoms with E-state index in [2.05, 4.69) is 6.58 Å². The molecule has 0 aliphatic rings. The van der Waals surface area contributed by atoms with E-state index < -0.39 is 27.6 Å². The monoisotopic (exact) mass is 225 g/mol. The van der Waals surface area contributed by atoms with Crippen molar-refractivity contribution in [2.45, 2.75) is 37.9 Å². The summed E-state index contributed by atoms with van der Waals surface area (Å²) in [6.45, 7) is 7.69. The van der Waals surface area contributed by atoms with Crippen LogP contribution in [0.4, 0.5) is 8.78 Å². The van der Waals surface area contributed by atoms with Crippen LogP contribution in [0.2, 0.25) is 0 Å². The maximum absolute atomic E-state index is 13.1. The highest BCUT2D eigenvalue weighted by Gasteiger charge is 2.38. The van der Waals surface area contributed by atoms with Gasteiger partial charge in [-0.25, -0.2) is 13.0 Å². The van der Waals surface area contributed by atoms with E-state index in [0.717, 1.165) is 0 Å². The molecule has 5 heteroatoms. The number of allylic oxidation sites excluding steroid dienone is 1. The zero-order valence-electron chi connectivity index (χ0n) is 8.72. The highest BCUT2D eigenvalue weighted by Crippen LogP contribution is 2.33. The van der Waals surface area contributed by atoms with Crippen molar-refractivity contribution in [2.24, 2.45) is 11.1 Å². The number of hydrogen-bond acceptors (Lipinski definition) is 1. The molecule has 2 nitrogen and oxygen atoms in total. The predicted molar refractivity (Wildman–Crippen MR) is 55.3 cm³/mol. The molecule has 0 aromatic carbocycles. The molecule has 0 saturated heterocycles. The molecule has 0 radical (unpaired) electrons. The maximum Gasteiger partial charge on any atom is 0.268 e. The molecule has 0 saturated carbocycles. The number of hydrogen-bond donors (Lipinski definition) is 1. The van der Waals surface area contributed by atoms with E-state index in [9.17, 15) is 13.0 Å². The summed E-state index contributed by atoms with van der Waals surface area (Å²) in [5.41, 5.74) is 0. The first-order valence-electron chi connectivity index (χ1n) is 4.31. The van der Waals surface area contributed by atoms with Crippen molar-refractivity contribution in [3.63, 3.8) is 0 Å². The lowest BCUT2D eigenvalue weighted by atomic mass is 9.92. The lowest BCUT2D eigenvalue weighted by Gasteiger charge is -2.28. The largest absolute Gasteiger partial charge is 0.268 e. The van der Waals surface area contributed by atoms with Gasteiger partial charge in [0.1, 0.15) is 0 Å². The van der Waals surface area contributed by atoms with Crippen molar-refractivity contribution in [3.8, 4) is 0 Å². The van der Waals surface area contributed by atoms with E-state index >= 15 is 0 Å². The van der Waals surface area contributed by atoms with Gasteiger partial charge in [-0.3, -0.25) is 5.14 Å². The Labute approximate surface area is 86.1 Å². The fourth-order valence-electron chi connectivity index (χ4n) is 1.16. The highest BCUT2D eigenvalue weighted by molar-refractivity contribution is 7.84. The molecule has 14 heavy (non-hydrogen) atoms. The second-order valence-corrected chi connectivity index (χ2v) is 5.74. The summed E-state index contributed by atoms with van der Waals surface area (Å²) in [7, 11) is -1.60. The lowest BCUT2D eigenvalue weighted by Crippen LogP contribution is -2.37. The lowest BCUT2D eigenvalue weighted by molar-refractivity contribution is -0.00747. The van der Waals surface area contributed by atoms with Crippen LogP contribution >= 0.6 is 0 Å². The summed E-state index contributed by atoms with van der Waals surface area (Å²) in [6, 6.07) is 0. The number of alkyl halides is 2. The van der Waals surface area contributed by atoms with E-state index in [-0.39, 0.29) is 6.42 Å². The predicted octanol–water partition coefficient (Wildman–Crippen LogP) is 2.23. The molecular formula is C9H17F2NOS. The standard InChI is InChI=1S/C9H17F2NOS/c1-5-9(10,11)7(2)6-8(3,4)14(12)13/h5,7H,1,6,12H2,2-4H3/t7-,14?/m0/s1. The molecule has 0 bridgehead atoms. The van der Waals surface area contributed by atoms with Crippen LogP contribution in [-0.4, -0.2) is 14.9 Å². The maximum atomic E-state index is 13.1. The van der Waals surface area contributed by atoms with E-state index in [1.165, 1.54) is 6.92 Å². The molecule has 2 atom stereocenters. The summed E-state index contributed by atoms with van der Waals surface area (Å²) >= 11 is 0. The Hall–Kier alpha value is -0.290. The second-order valence-electron chi connectivity index (χ2n) is 4.04. The minimum absolute atomic E-state index is 0.0924. The number of halogens is 2. The fraction of sp³-hybridized carbons (Fsp3) is 0.778. The summed E-state index contributed by atoms with van der Waals surface area (Å²) in [6.07, 6.45) is 0.711. The molecule has 0 heterocycles. The van der Waals surface area contributed by atoms with Crippen LogP contribution in [0.15, 0.2) is 12.7 Å². The Bertz CT molecular complexity index is 241. The van der Waals surface area contributed by atoms with Gasteiger partial charge in [0, 0.05) is 5.92 Å². The van der Waals surface area contributed by atoms with Gasteiger partial charge in [0.05, 0.1) is 15.7 Å². The second kappa shape index (κ2) is 4.49. The Kier molecular flexibility index (Phi) is 4.39. The van der Waals surface area contributed by atoms with Crippen molar-refractivity contribution in [1.29, 1.82) is 0 Å². The van der Waals surface area contributed by atoms with Crippen LogP contribution in [0.5, 0.6) is 0 Å². The van der Waals surface area contributed by atoms with Crippen LogP contribution in [-0.2, 0) is 11.0 Å². The highest BCUT2D eigenvalue weighted by atomic mass is 32.2. The zero-order valence-corrected chi connectivity index (χ0v) is 9.54. The molecule has 1 unspecified atom stereocenters. The van der Waals surface area contributed by atoms with E-state index in [1.807, 2.05) is 0 Å². The van der Waals surface area contributed by atoms with E-state index in [4.69, 9.17) is 5.14 Å². The molecule has 0 rings (SSSR count). The summed E-state index contributed by atoms with van der Waals surface area (Å²) in [4.78, 5) is 0. The third-order valence-corrected chi connectivity index (χ3v) is 3.53. The average molecular weight is 225 g/mol. The van der Waals surface area contributed by atoms with Gasteiger partial charge in [-0.05, 0) is 26.3 Å². The molecule has 2 N–H and O–H groups in total. The van der Waals surface area contributed by atoms with Crippen molar-refractivity contribution < 1.29 is 13.0 Å². The molecule has 0 fully saturated rings. The van der Waals surface area contributed by atoms with Gasteiger partial charge < -0.3 is 0 Å². The van der Waals surface area contributed by atoms with Crippen molar-refractivity contribution in [2.75, 3.05) is 0 Å². The average Bonchev–Trinajstić information content (AvgIpc) is 2.03. The summed E-state index contributed by atoms with van der Waals surface area (Å²) in [5, 5.41) is 5.20. The van der Waals surface area contributed by atoms with Gasteiger partial charge in [0.2, 0.25) is 0 Å². The first-order valence-corrected chi connectivity index (χ1v) is 5.52. The molecule has 0 amide bonds. The Morgan fingerprint density at radius 3 is 2.29 bits per heavy atom. The molecule has 0 aromatic rings. The van der Waals surface area contributed by atoms with Gasteiger partial charge in [-0.2, -0.15) is 0 Å². The minimum Gasteiger partial charge on any atom is -0.251 e. The van der Waals surface area contributed by atoms with E-state index in [0.29, 0.717) is 6.08 Å². The van der Waals surface area contributed by atoms with Gasteiger partial charge >= 0.3 is 0 Å². The topological polar surface area (TPSA) is 43.1 Å². The third-order valence-electron chi connectivity index (χ3n) is 2.27. The first kappa shape index (κ1) is 13.7. The Balaban J connectivity index is 4.54. The fourth-order valence-corrected chi connectivity index (χ4v) is 1.57. The number of nitrogens with two attached hydrogens (primary N) is 1. The van der Waals surface area contributed by atoms with Crippen molar-refractivity contribution in [3.05, 3.63) is 12.7 Å². The summed E-state index contributed by atoms with van der Waals surface area (Å²) in [5.74, 6) is -3.85. The Morgan fingerprint density at radius 1 is 1.57 bits per heavy atom. The molecule has 0 aliphatic heterocycles. The molecule has 84 valence electrons. The van der Waals surface area contributed by atoms with Crippen LogP contribution in [0.1, 0.15) is 27.2 Å². The Morgan fingerprint density at radius 2 is 2.00 bits per heavy atom.